The van der Waals surface area contributed by atoms with Gasteiger partial charge >= 0.3 is 0 Å². The summed E-state index contributed by atoms with van der Waals surface area (Å²) < 4.78 is 0. The number of rotatable bonds is 7. The van der Waals surface area contributed by atoms with Gasteiger partial charge in [-0.3, -0.25) is 14.6 Å². The first-order valence-electron chi connectivity index (χ1n) is 11.7. The number of aromatic nitrogens is 1. The van der Waals surface area contributed by atoms with Crippen LogP contribution < -0.4 is 0 Å². The van der Waals surface area contributed by atoms with E-state index in [0.717, 1.165) is 42.2 Å². The van der Waals surface area contributed by atoms with Gasteiger partial charge < -0.3 is 5.11 Å². The van der Waals surface area contributed by atoms with Gasteiger partial charge in [-0.25, -0.2) is 4.98 Å². The summed E-state index contributed by atoms with van der Waals surface area (Å²) in [7, 11) is 0. The van der Waals surface area contributed by atoms with Crippen LogP contribution in [0, 0.1) is 0 Å². The molecule has 0 spiro atoms. The minimum absolute atomic E-state index is 0.0107. The number of carbonyl (C=O) groups is 1. The summed E-state index contributed by atoms with van der Waals surface area (Å²) in [5, 5.41) is 12.9. The first-order chi connectivity index (χ1) is 15.9. The summed E-state index contributed by atoms with van der Waals surface area (Å²) >= 11 is 1.50. The van der Waals surface area contributed by atoms with E-state index in [0.29, 0.717) is 23.5 Å². The van der Waals surface area contributed by atoms with Gasteiger partial charge in [0.2, 0.25) is 0 Å². The zero-order chi connectivity index (χ0) is 23.5. The summed E-state index contributed by atoms with van der Waals surface area (Å²) in [6.45, 7) is 11.5. The second-order valence-corrected chi connectivity index (χ2v) is 9.96. The van der Waals surface area contributed by atoms with Crippen LogP contribution in [0.2, 0.25) is 0 Å². The molecule has 0 saturated carbocycles. The molecule has 1 aliphatic heterocycles. The molecule has 0 unspecified atom stereocenters. The number of piperazine rings is 1. The molecule has 0 radical (unpaired) electrons. The lowest BCUT2D eigenvalue weighted by molar-refractivity contribution is 0.0241. The van der Waals surface area contributed by atoms with Gasteiger partial charge in [-0.15, -0.1) is 11.3 Å². The second kappa shape index (κ2) is 10.2. The van der Waals surface area contributed by atoms with Gasteiger partial charge in [0.1, 0.15) is 16.5 Å². The highest BCUT2D eigenvalue weighted by Crippen LogP contribution is 2.35. The molecule has 1 aromatic heterocycles. The van der Waals surface area contributed by atoms with Gasteiger partial charge in [0, 0.05) is 43.0 Å². The van der Waals surface area contributed by atoms with E-state index in [1.54, 1.807) is 13.0 Å². The largest absolute Gasteiger partial charge is 0.508 e. The van der Waals surface area contributed by atoms with E-state index in [1.807, 2.05) is 17.5 Å². The lowest BCUT2D eigenvalue weighted by Gasteiger charge is -2.47. The Morgan fingerprint density at radius 1 is 1.12 bits per heavy atom. The van der Waals surface area contributed by atoms with Gasteiger partial charge in [-0.05, 0) is 50.1 Å². The Labute approximate surface area is 200 Å². The number of Topliss-reactive ketones (excluding diaryl/α,β-unsaturated/α-hetero) is 1. The predicted octanol–water partition coefficient (Wildman–Crippen LogP) is 5.61. The Bertz CT molecular complexity index is 1090. The van der Waals surface area contributed by atoms with Crippen molar-refractivity contribution in [2.24, 2.45) is 0 Å². The second-order valence-electron chi connectivity index (χ2n) is 9.10. The molecule has 2 aromatic carbocycles. The van der Waals surface area contributed by atoms with Crippen molar-refractivity contribution in [1.29, 1.82) is 0 Å². The van der Waals surface area contributed by atoms with Crippen molar-refractivity contribution in [3.63, 3.8) is 0 Å². The normalized spacial score (nSPS) is 20.6. The maximum atomic E-state index is 11.6. The summed E-state index contributed by atoms with van der Waals surface area (Å²) in [6.07, 6.45) is 1.16. The fraction of sp³-hybridized carbons (Fsp3) is 0.407. The van der Waals surface area contributed by atoms with Crippen LogP contribution in [0.5, 0.6) is 5.75 Å². The zero-order valence-electron chi connectivity index (χ0n) is 19.9. The van der Waals surface area contributed by atoms with Gasteiger partial charge in [0.15, 0.2) is 5.78 Å². The molecule has 1 aliphatic rings. The fourth-order valence-electron chi connectivity index (χ4n) is 4.83. The third kappa shape index (κ3) is 5.18. The number of thiazole rings is 1. The van der Waals surface area contributed by atoms with Crippen LogP contribution in [0.4, 0.5) is 0 Å². The molecular formula is C27H33N3O2S. The number of aromatic hydroxyl groups is 1. The minimum atomic E-state index is -0.0107. The minimum Gasteiger partial charge on any atom is -0.508 e. The molecule has 2 heterocycles. The Balaban J connectivity index is 1.67. The van der Waals surface area contributed by atoms with E-state index in [2.05, 4.69) is 65.9 Å². The average molecular weight is 464 g/mol. The maximum absolute atomic E-state index is 11.6. The third-order valence-corrected chi connectivity index (χ3v) is 7.42. The summed E-state index contributed by atoms with van der Waals surface area (Å²) in [6, 6.07) is 17.1. The SMILES string of the molecule is CCCN1C[C@H](C)N([C@H](c2ccc(-c3nc(C(C)=O)cs3)cc2)c2cccc(O)c2)C[C@H]1C. The molecule has 0 bridgehead atoms. The number of ketones is 1. The number of carbonyl (C=O) groups excluding carboxylic acids is 1. The molecule has 174 valence electrons. The van der Waals surface area contributed by atoms with E-state index in [1.165, 1.54) is 16.9 Å². The van der Waals surface area contributed by atoms with E-state index >= 15 is 0 Å². The molecule has 3 aromatic rings. The van der Waals surface area contributed by atoms with Gasteiger partial charge in [0.25, 0.3) is 0 Å². The summed E-state index contributed by atoms with van der Waals surface area (Å²) in [5.41, 5.74) is 3.82. The monoisotopic (exact) mass is 463 g/mol. The number of phenolic OH excluding ortho intramolecular Hbond substituents is 1. The topological polar surface area (TPSA) is 56.7 Å². The van der Waals surface area contributed by atoms with E-state index < -0.39 is 0 Å². The Morgan fingerprint density at radius 2 is 1.88 bits per heavy atom. The predicted molar refractivity (Wildman–Crippen MR) is 135 cm³/mol. The fourth-order valence-corrected chi connectivity index (χ4v) is 5.69. The smallest absolute Gasteiger partial charge is 0.178 e. The molecular weight excluding hydrogens is 430 g/mol. The summed E-state index contributed by atoms with van der Waals surface area (Å²) in [4.78, 5) is 21.3. The van der Waals surface area contributed by atoms with Crippen molar-refractivity contribution in [2.45, 2.75) is 52.2 Å². The highest BCUT2D eigenvalue weighted by atomic mass is 32.1. The van der Waals surface area contributed by atoms with Crippen molar-refractivity contribution in [3.05, 3.63) is 70.7 Å². The van der Waals surface area contributed by atoms with Gasteiger partial charge in [-0.2, -0.15) is 0 Å². The van der Waals surface area contributed by atoms with Crippen molar-refractivity contribution in [3.8, 4) is 16.3 Å². The number of hydrogen-bond acceptors (Lipinski definition) is 6. The van der Waals surface area contributed by atoms with Crippen molar-refractivity contribution in [2.75, 3.05) is 19.6 Å². The van der Waals surface area contributed by atoms with Crippen molar-refractivity contribution < 1.29 is 9.90 Å². The lowest BCUT2D eigenvalue weighted by Crippen LogP contribution is -2.57. The number of hydrogen-bond donors (Lipinski definition) is 1. The molecule has 4 rings (SSSR count). The first kappa shape index (κ1) is 23.6. The highest BCUT2D eigenvalue weighted by Gasteiger charge is 2.34. The highest BCUT2D eigenvalue weighted by molar-refractivity contribution is 7.13. The summed E-state index contributed by atoms with van der Waals surface area (Å²) in [5.74, 6) is 0.280. The standard InChI is InChI=1S/C27H33N3O2S/c1-5-13-29-15-19(3)30(16-18(29)2)26(23-7-6-8-24(32)14-23)21-9-11-22(12-10-21)27-28-25(17-33-27)20(4)31/h6-12,14,17-19,26,32H,5,13,15-16H2,1-4H3/t18-,19+,26-/m1/s1. The van der Waals surface area contributed by atoms with Crippen LogP contribution in [0.25, 0.3) is 10.6 Å². The van der Waals surface area contributed by atoms with Crippen molar-refractivity contribution in [1.82, 2.24) is 14.8 Å². The van der Waals surface area contributed by atoms with E-state index in [9.17, 15) is 9.90 Å². The van der Waals surface area contributed by atoms with Crippen LogP contribution in [0.3, 0.4) is 0 Å². The zero-order valence-corrected chi connectivity index (χ0v) is 20.7. The van der Waals surface area contributed by atoms with Crippen molar-refractivity contribution >= 4 is 17.1 Å². The molecule has 1 fully saturated rings. The van der Waals surface area contributed by atoms with Gasteiger partial charge in [0.05, 0.1) is 6.04 Å². The number of phenols is 1. The van der Waals surface area contributed by atoms with Crippen LogP contribution in [0.15, 0.2) is 53.9 Å². The third-order valence-electron chi connectivity index (χ3n) is 6.53. The molecule has 6 heteroatoms. The average Bonchev–Trinajstić information content (AvgIpc) is 3.29. The van der Waals surface area contributed by atoms with E-state index in [4.69, 9.17) is 0 Å². The number of benzene rings is 2. The van der Waals surface area contributed by atoms with Crippen LogP contribution in [-0.4, -0.2) is 57.4 Å². The first-order valence-corrected chi connectivity index (χ1v) is 12.6. The number of nitrogens with zero attached hydrogens (tertiary/aromatic N) is 3. The quantitative estimate of drug-likeness (QED) is 0.462. The Morgan fingerprint density at radius 3 is 2.52 bits per heavy atom. The molecule has 3 atom stereocenters. The van der Waals surface area contributed by atoms with Gasteiger partial charge in [-0.1, -0.05) is 43.3 Å². The molecule has 5 nitrogen and oxygen atoms in total. The molecule has 0 aliphatic carbocycles. The van der Waals surface area contributed by atoms with Crippen LogP contribution >= 0.6 is 11.3 Å². The molecule has 0 amide bonds. The molecule has 1 N–H and O–H groups in total. The molecule has 1 saturated heterocycles. The Hall–Kier alpha value is -2.54. The lowest BCUT2D eigenvalue weighted by atomic mass is 9.93. The Kier molecular flexibility index (Phi) is 7.27. The van der Waals surface area contributed by atoms with E-state index in [-0.39, 0.29) is 11.8 Å². The molecule has 33 heavy (non-hydrogen) atoms. The van der Waals surface area contributed by atoms with Crippen LogP contribution in [-0.2, 0) is 0 Å². The maximum Gasteiger partial charge on any atom is 0.178 e. The van der Waals surface area contributed by atoms with Crippen LogP contribution in [0.1, 0.15) is 61.8 Å².